The van der Waals surface area contributed by atoms with E-state index in [9.17, 15) is 18.4 Å². The molecule has 6 heterocycles. The van der Waals surface area contributed by atoms with Crippen molar-refractivity contribution in [3.63, 3.8) is 0 Å². The second-order valence-corrected chi connectivity index (χ2v) is 14.0. The molecule has 4 aromatic heterocycles. The largest absolute Gasteiger partial charge is 0.316 e. The summed E-state index contributed by atoms with van der Waals surface area (Å²) >= 11 is 0. The van der Waals surface area contributed by atoms with E-state index in [0.717, 1.165) is 32.7 Å². The normalized spacial score (nSPS) is 19.5. The lowest BCUT2D eigenvalue weighted by Gasteiger charge is -2.16. The van der Waals surface area contributed by atoms with Crippen molar-refractivity contribution in [2.45, 2.75) is 47.1 Å². The number of likely N-dealkylation sites (tertiary alicyclic amines) is 1. The average Bonchev–Trinajstić information content (AvgIpc) is 3.95. The van der Waals surface area contributed by atoms with Crippen LogP contribution in [0.15, 0.2) is 101 Å². The van der Waals surface area contributed by atoms with Crippen molar-refractivity contribution >= 4 is 11.0 Å². The maximum atomic E-state index is 13.7. The molecule has 7 aromatic rings. The maximum Gasteiger partial charge on any atom is 0.276 e. The van der Waals surface area contributed by atoms with E-state index in [0.29, 0.717) is 57.3 Å². The Labute approximate surface area is 317 Å². The fraction of sp³-hybridized carbons (Fsp3) is 0.317. The van der Waals surface area contributed by atoms with Gasteiger partial charge in [-0.3, -0.25) is 14.5 Å². The van der Waals surface area contributed by atoms with Gasteiger partial charge in [0, 0.05) is 49.1 Å². The Hall–Kier alpha value is -5.86. The first-order valence-electron chi connectivity index (χ1n) is 17.7. The van der Waals surface area contributed by atoms with Crippen LogP contribution in [0.3, 0.4) is 0 Å². The minimum Gasteiger partial charge on any atom is -0.316 e. The predicted molar refractivity (Wildman–Crippen MR) is 210 cm³/mol. The number of halogens is 2. The van der Waals surface area contributed by atoms with E-state index in [1.165, 1.54) is 51.3 Å². The summed E-state index contributed by atoms with van der Waals surface area (Å²) in [5, 5.41) is 12.6. The molecule has 286 valence electrons. The summed E-state index contributed by atoms with van der Waals surface area (Å²) in [4.78, 5) is 41.8. The van der Waals surface area contributed by atoms with Crippen LogP contribution in [0.4, 0.5) is 8.78 Å². The van der Waals surface area contributed by atoms with E-state index in [2.05, 4.69) is 61.2 Å². The summed E-state index contributed by atoms with van der Waals surface area (Å²) in [6.45, 7) is 8.59. The molecule has 0 bridgehead atoms. The highest BCUT2D eigenvalue weighted by Gasteiger charge is 2.33. The number of aromatic amines is 2. The topological polar surface area (TPSA) is 141 Å². The molecule has 0 saturated carbocycles. The van der Waals surface area contributed by atoms with Crippen molar-refractivity contribution in [2.24, 2.45) is 11.8 Å². The van der Waals surface area contributed by atoms with Gasteiger partial charge in [0.1, 0.15) is 23.3 Å². The maximum absolute atomic E-state index is 13.7. The second kappa shape index (κ2) is 16.2. The number of nitrogens with zero attached hydrogens (tertiary/aromatic N) is 7. The van der Waals surface area contributed by atoms with Crippen LogP contribution in [0.25, 0.3) is 33.8 Å². The van der Waals surface area contributed by atoms with Gasteiger partial charge in [0.05, 0.1) is 12.4 Å². The van der Waals surface area contributed by atoms with Crippen LogP contribution in [0.2, 0.25) is 0 Å². The molecule has 2 aliphatic heterocycles. The van der Waals surface area contributed by atoms with E-state index >= 15 is 0 Å². The van der Waals surface area contributed by atoms with E-state index in [1.54, 1.807) is 24.3 Å². The molecule has 4 unspecified atom stereocenters. The minimum atomic E-state index is -0.352. The Kier molecular flexibility index (Phi) is 11.5. The van der Waals surface area contributed by atoms with Crippen molar-refractivity contribution in [2.75, 3.05) is 26.2 Å². The molecule has 0 amide bonds. The molecular formula is C41H46F2N10O2. The number of nitrogens with one attached hydrogen (secondary N) is 3. The second-order valence-electron chi connectivity index (χ2n) is 14.0. The lowest BCUT2D eigenvalue weighted by molar-refractivity contribution is 0.318. The van der Waals surface area contributed by atoms with Gasteiger partial charge >= 0.3 is 0 Å². The summed E-state index contributed by atoms with van der Waals surface area (Å²) in [7, 11) is 0. The Bertz CT molecular complexity index is 2530. The van der Waals surface area contributed by atoms with Crippen LogP contribution in [0, 0.1) is 23.5 Å². The zero-order chi connectivity index (χ0) is 36.6. The standard InChI is InChI=1S/C23H22FN5O.C16H16FN5O.2CH4/c1-15-12-28(13-16-6-3-2-4-7-16)14-19(15)21-26-23(30)20-11-25-22(29(20)27-21)17-8-5-9-18(24)10-17;1-9-6-18-7-12(9)14-20-16(23)13-8-19-15(22(13)21-14)10-3-2-4-11(17)5-10;;/h2-11,15,19H,12-14H2,1H3,(H,26,27,30);2-5,8-9,12,18H,6-7H2,1H3,(H,20,21,23);2*1H4. The van der Waals surface area contributed by atoms with Crippen molar-refractivity contribution in [1.82, 2.24) is 49.4 Å². The molecule has 0 aliphatic carbocycles. The van der Waals surface area contributed by atoms with Gasteiger partial charge < -0.3 is 15.3 Å². The molecule has 3 N–H and O–H groups in total. The molecule has 14 heteroatoms. The number of H-pyrrole nitrogens is 2. The third-order valence-corrected chi connectivity index (χ3v) is 10.2. The number of aromatic nitrogens is 8. The highest BCUT2D eigenvalue weighted by molar-refractivity contribution is 5.62. The summed E-state index contributed by atoms with van der Waals surface area (Å²) in [5.41, 5.74) is 2.69. The number of hydrogen-bond acceptors (Lipinski definition) is 8. The number of fused-ring (bicyclic) bond motifs is 2. The summed E-state index contributed by atoms with van der Waals surface area (Å²) in [5.74, 6) is 2.49. The first kappa shape index (κ1) is 38.9. The number of rotatable bonds is 6. The molecule has 9 rings (SSSR count). The summed E-state index contributed by atoms with van der Waals surface area (Å²) < 4.78 is 30.2. The average molecular weight is 749 g/mol. The smallest absolute Gasteiger partial charge is 0.276 e. The van der Waals surface area contributed by atoms with Gasteiger partial charge in [-0.2, -0.15) is 10.2 Å². The summed E-state index contributed by atoms with van der Waals surface area (Å²) in [6, 6.07) is 22.7. The number of benzene rings is 3. The van der Waals surface area contributed by atoms with E-state index in [1.807, 2.05) is 18.2 Å². The molecule has 2 aliphatic rings. The Balaban J connectivity index is 0.000000186. The van der Waals surface area contributed by atoms with Crippen LogP contribution in [-0.4, -0.2) is 70.2 Å². The molecule has 2 fully saturated rings. The third kappa shape index (κ3) is 7.87. The van der Waals surface area contributed by atoms with E-state index in [4.69, 9.17) is 5.10 Å². The molecule has 3 aromatic carbocycles. The molecule has 55 heavy (non-hydrogen) atoms. The fourth-order valence-electron chi connectivity index (χ4n) is 7.38. The van der Waals surface area contributed by atoms with E-state index < -0.39 is 0 Å². The van der Waals surface area contributed by atoms with Crippen LogP contribution < -0.4 is 16.4 Å². The third-order valence-electron chi connectivity index (χ3n) is 10.2. The van der Waals surface area contributed by atoms with Crippen molar-refractivity contribution < 1.29 is 8.78 Å². The summed E-state index contributed by atoms with van der Waals surface area (Å²) in [6.07, 6.45) is 2.95. The minimum absolute atomic E-state index is 0. The Morgan fingerprint density at radius 1 is 0.673 bits per heavy atom. The lowest BCUT2D eigenvalue weighted by Crippen LogP contribution is -2.23. The molecule has 12 nitrogen and oxygen atoms in total. The zero-order valence-electron chi connectivity index (χ0n) is 29.2. The lowest BCUT2D eigenvalue weighted by atomic mass is 9.97. The van der Waals surface area contributed by atoms with Crippen molar-refractivity contribution in [1.29, 1.82) is 0 Å². The van der Waals surface area contributed by atoms with Gasteiger partial charge in [-0.15, -0.1) is 0 Å². The molecular weight excluding hydrogens is 703 g/mol. The van der Waals surface area contributed by atoms with Gasteiger partial charge in [-0.1, -0.05) is 83.3 Å². The van der Waals surface area contributed by atoms with Crippen molar-refractivity contribution in [3.8, 4) is 22.8 Å². The Morgan fingerprint density at radius 3 is 1.73 bits per heavy atom. The molecule has 0 radical (unpaired) electrons. The van der Waals surface area contributed by atoms with Crippen LogP contribution >= 0.6 is 0 Å². The molecule has 4 atom stereocenters. The zero-order valence-corrected chi connectivity index (χ0v) is 29.2. The fourth-order valence-corrected chi connectivity index (χ4v) is 7.38. The van der Waals surface area contributed by atoms with Gasteiger partial charge in [0.25, 0.3) is 11.1 Å². The first-order valence-corrected chi connectivity index (χ1v) is 17.7. The highest BCUT2D eigenvalue weighted by atomic mass is 19.1. The van der Waals surface area contributed by atoms with Crippen molar-refractivity contribution in [3.05, 3.63) is 141 Å². The SMILES string of the molecule is C.C.CC1CN(Cc2ccccc2)CC1c1nn2c(-c3cccc(F)c3)ncc2c(=O)[nH]1.CC1CNCC1c1nn2c(-c3cccc(F)c3)ncc2c(=O)[nH]1. The van der Waals surface area contributed by atoms with Crippen LogP contribution in [0.5, 0.6) is 0 Å². The van der Waals surface area contributed by atoms with Crippen LogP contribution in [0.1, 0.15) is 57.7 Å². The quantitative estimate of drug-likeness (QED) is 0.181. The monoisotopic (exact) mass is 748 g/mol. The van der Waals surface area contributed by atoms with Crippen LogP contribution in [-0.2, 0) is 6.54 Å². The van der Waals surface area contributed by atoms with Gasteiger partial charge in [0.15, 0.2) is 22.7 Å². The van der Waals surface area contributed by atoms with Gasteiger partial charge in [0.2, 0.25) is 0 Å². The van der Waals surface area contributed by atoms with Gasteiger partial charge in [-0.05, 0) is 48.2 Å². The van der Waals surface area contributed by atoms with Gasteiger partial charge in [-0.25, -0.2) is 27.8 Å². The highest BCUT2D eigenvalue weighted by Crippen LogP contribution is 2.31. The number of hydrogen-bond donors (Lipinski definition) is 3. The molecule has 0 spiro atoms. The molecule has 2 saturated heterocycles. The van der Waals surface area contributed by atoms with E-state index in [-0.39, 0.29) is 49.4 Å². The first-order chi connectivity index (χ1) is 25.7. The Morgan fingerprint density at radius 2 is 1.22 bits per heavy atom. The number of imidazole rings is 2. The predicted octanol–water partition coefficient (Wildman–Crippen LogP) is 6.28.